The average molecular weight is 542 g/mol. The van der Waals surface area contributed by atoms with Gasteiger partial charge in [-0.05, 0) is 30.7 Å². The maximum Gasteiger partial charge on any atom is 0.326 e. The zero-order chi connectivity index (χ0) is 27.1. The molecule has 2 atom stereocenters. The van der Waals surface area contributed by atoms with Gasteiger partial charge >= 0.3 is 5.97 Å². The first-order valence-corrected chi connectivity index (χ1v) is 12.9. The number of H-pyrrole nitrogens is 1. The predicted octanol–water partition coefficient (Wildman–Crippen LogP) is 3.59. The van der Waals surface area contributed by atoms with E-state index in [0.29, 0.717) is 17.6 Å². The Labute approximate surface area is 222 Å². The Morgan fingerprint density at radius 2 is 1.95 bits per heavy atom. The molecule has 2 aromatic carbocycles. The number of benzene rings is 2. The van der Waals surface area contributed by atoms with E-state index < -0.39 is 23.7 Å². The summed E-state index contributed by atoms with van der Waals surface area (Å²) in [5, 5.41) is 22.0. The van der Waals surface area contributed by atoms with Gasteiger partial charge < -0.3 is 24.9 Å². The third kappa shape index (κ3) is 6.50. The summed E-state index contributed by atoms with van der Waals surface area (Å²) in [5.41, 5.74) is 1.70. The van der Waals surface area contributed by atoms with Crippen LogP contribution in [0.4, 0.5) is 4.39 Å². The molecule has 200 valence electrons. The van der Waals surface area contributed by atoms with Crippen LogP contribution in [-0.4, -0.2) is 62.2 Å². The van der Waals surface area contributed by atoms with Crippen LogP contribution in [0.5, 0.6) is 5.75 Å². The molecule has 0 aliphatic rings. The summed E-state index contributed by atoms with van der Waals surface area (Å²) in [6.45, 7) is 2.20. The second-order valence-corrected chi connectivity index (χ2v) is 9.55. The molecule has 4 aromatic rings. The Morgan fingerprint density at radius 3 is 2.71 bits per heavy atom. The minimum Gasteiger partial charge on any atom is -0.483 e. The Morgan fingerprint density at radius 1 is 1.18 bits per heavy atom. The number of aromatic nitrogens is 4. The Bertz CT molecular complexity index is 1410. The van der Waals surface area contributed by atoms with Crippen molar-refractivity contribution in [1.82, 2.24) is 25.1 Å². The number of rotatable bonds is 13. The van der Waals surface area contributed by atoms with E-state index in [4.69, 9.17) is 9.47 Å². The van der Waals surface area contributed by atoms with Crippen LogP contribution >= 0.6 is 11.8 Å². The Balaban J connectivity index is 1.42. The molecular weight excluding hydrogens is 513 g/mol. The lowest BCUT2D eigenvalue weighted by molar-refractivity contribution is -0.141. The second-order valence-electron chi connectivity index (χ2n) is 8.60. The van der Waals surface area contributed by atoms with Crippen LogP contribution in [0, 0.1) is 5.82 Å². The highest BCUT2D eigenvalue weighted by atomic mass is 32.2. The van der Waals surface area contributed by atoms with Crippen molar-refractivity contribution >= 4 is 34.5 Å². The SMILES string of the molecule is COC[C@@H](C)n1c(COc2ccccc2F)nnc1SCC(=O)N[C@H](Cc1c[nH]c2ccccc12)C(=O)O. The van der Waals surface area contributed by atoms with Gasteiger partial charge in [0, 0.05) is 30.6 Å². The van der Waals surface area contributed by atoms with E-state index in [1.165, 1.54) is 12.1 Å². The highest BCUT2D eigenvalue weighted by molar-refractivity contribution is 7.99. The van der Waals surface area contributed by atoms with Crippen LogP contribution in [0.2, 0.25) is 0 Å². The van der Waals surface area contributed by atoms with Gasteiger partial charge in [-0.25, -0.2) is 9.18 Å². The normalized spacial score (nSPS) is 12.8. The van der Waals surface area contributed by atoms with Crippen molar-refractivity contribution in [3.8, 4) is 5.75 Å². The van der Waals surface area contributed by atoms with Gasteiger partial charge in [-0.2, -0.15) is 0 Å². The number of halogens is 1. The van der Waals surface area contributed by atoms with Crippen molar-refractivity contribution in [2.45, 2.75) is 37.2 Å². The van der Waals surface area contributed by atoms with Crippen molar-refractivity contribution in [3.05, 3.63) is 71.9 Å². The van der Waals surface area contributed by atoms with E-state index in [2.05, 4.69) is 20.5 Å². The quantitative estimate of drug-likeness (QED) is 0.219. The van der Waals surface area contributed by atoms with Crippen LogP contribution in [-0.2, 0) is 27.4 Å². The highest BCUT2D eigenvalue weighted by Crippen LogP contribution is 2.24. The molecule has 0 saturated carbocycles. The molecule has 0 aliphatic heterocycles. The lowest BCUT2D eigenvalue weighted by Gasteiger charge is -2.18. The number of carbonyl (C=O) groups excluding carboxylic acids is 1. The zero-order valence-corrected chi connectivity index (χ0v) is 21.7. The number of ether oxygens (including phenoxy) is 2. The molecule has 2 heterocycles. The summed E-state index contributed by atoms with van der Waals surface area (Å²) in [6.07, 6.45) is 1.89. The number of carboxylic acid groups (broad SMARTS) is 1. The number of carbonyl (C=O) groups is 2. The fourth-order valence-electron chi connectivity index (χ4n) is 4.05. The maximum absolute atomic E-state index is 14.0. The molecule has 4 rings (SSSR count). The first-order chi connectivity index (χ1) is 18.4. The third-order valence-corrected chi connectivity index (χ3v) is 6.78. The van der Waals surface area contributed by atoms with Crippen LogP contribution in [0.1, 0.15) is 24.4 Å². The van der Waals surface area contributed by atoms with Gasteiger partial charge in [-0.1, -0.05) is 42.1 Å². The van der Waals surface area contributed by atoms with E-state index in [1.807, 2.05) is 31.2 Å². The fraction of sp³-hybridized carbons (Fsp3) is 0.308. The largest absolute Gasteiger partial charge is 0.483 e. The van der Waals surface area contributed by atoms with Crippen molar-refractivity contribution in [3.63, 3.8) is 0 Å². The van der Waals surface area contributed by atoms with Crippen molar-refractivity contribution in [2.75, 3.05) is 19.5 Å². The minimum atomic E-state index is -1.13. The minimum absolute atomic E-state index is 0.0412. The number of hydrogen-bond donors (Lipinski definition) is 3. The summed E-state index contributed by atoms with van der Waals surface area (Å²) >= 11 is 1.11. The van der Waals surface area contributed by atoms with Gasteiger partial charge in [0.25, 0.3) is 0 Å². The van der Waals surface area contributed by atoms with Gasteiger partial charge in [0.1, 0.15) is 12.6 Å². The van der Waals surface area contributed by atoms with Gasteiger partial charge in [-0.3, -0.25) is 9.36 Å². The number of hydrogen-bond acceptors (Lipinski definition) is 7. The summed E-state index contributed by atoms with van der Waals surface area (Å²) in [7, 11) is 1.57. The first kappa shape index (κ1) is 27.1. The summed E-state index contributed by atoms with van der Waals surface area (Å²) in [5.74, 6) is -1.63. The zero-order valence-electron chi connectivity index (χ0n) is 20.9. The number of carboxylic acids is 1. The molecule has 38 heavy (non-hydrogen) atoms. The number of nitrogens with zero attached hydrogens (tertiary/aromatic N) is 3. The number of methoxy groups -OCH3 is 1. The van der Waals surface area contributed by atoms with Gasteiger partial charge in [0.05, 0.1) is 18.4 Å². The number of amides is 1. The molecule has 10 nitrogen and oxygen atoms in total. The molecule has 0 saturated heterocycles. The summed E-state index contributed by atoms with van der Waals surface area (Å²) < 4.78 is 26.6. The molecule has 1 amide bonds. The van der Waals surface area contributed by atoms with E-state index >= 15 is 0 Å². The number of nitrogens with one attached hydrogen (secondary N) is 2. The van der Waals surface area contributed by atoms with Gasteiger partial charge in [-0.15, -0.1) is 10.2 Å². The van der Waals surface area contributed by atoms with Crippen LogP contribution in [0.25, 0.3) is 10.9 Å². The van der Waals surface area contributed by atoms with E-state index in [9.17, 15) is 19.1 Å². The predicted molar refractivity (Wildman–Crippen MR) is 140 cm³/mol. The lowest BCUT2D eigenvalue weighted by atomic mass is 10.1. The second kappa shape index (κ2) is 12.6. The van der Waals surface area contributed by atoms with Gasteiger partial charge in [0.15, 0.2) is 22.5 Å². The van der Waals surface area contributed by atoms with E-state index in [0.717, 1.165) is 28.2 Å². The molecule has 0 bridgehead atoms. The van der Waals surface area contributed by atoms with Crippen molar-refractivity contribution in [1.29, 1.82) is 0 Å². The molecule has 3 N–H and O–H groups in total. The first-order valence-electron chi connectivity index (χ1n) is 11.9. The molecule has 0 aliphatic carbocycles. The van der Waals surface area contributed by atoms with Crippen LogP contribution in [0.3, 0.4) is 0 Å². The van der Waals surface area contributed by atoms with Crippen molar-refractivity contribution in [2.24, 2.45) is 0 Å². The molecule has 0 spiro atoms. The van der Waals surface area contributed by atoms with Gasteiger partial charge in [0.2, 0.25) is 5.91 Å². The third-order valence-electron chi connectivity index (χ3n) is 5.84. The van der Waals surface area contributed by atoms with E-state index in [-0.39, 0.29) is 30.6 Å². The van der Waals surface area contributed by atoms with Crippen molar-refractivity contribution < 1.29 is 28.6 Å². The lowest BCUT2D eigenvalue weighted by Crippen LogP contribution is -2.43. The van der Waals surface area contributed by atoms with Crippen LogP contribution < -0.4 is 10.1 Å². The number of thioether (sulfide) groups is 1. The number of fused-ring (bicyclic) bond motifs is 1. The smallest absolute Gasteiger partial charge is 0.326 e. The van der Waals surface area contributed by atoms with E-state index in [1.54, 1.807) is 30.0 Å². The number of aromatic amines is 1. The Kier molecular flexibility index (Phi) is 8.98. The molecule has 0 radical (unpaired) electrons. The highest BCUT2D eigenvalue weighted by Gasteiger charge is 2.24. The molecular formula is C26H28FN5O5S. The standard InChI is InChI=1S/C26H28FN5O5S/c1-16(13-36-2)32-23(14-37-22-10-6-4-8-19(22)27)30-31-26(32)38-15-24(33)29-21(25(34)35)11-17-12-28-20-9-5-3-7-18(17)20/h3-10,12,16,21,28H,11,13-15H2,1-2H3,(H,29,33)(H,34,35)/t16-,21-/m1/s1. The molecule has 2 aromatic heterocycles. The monoisotopic (exact) mass is 541 g/mol. The average Bonchev–Trinajstić information content (AvgIpc) is 3.50. The fourth-order valence-corrected chi connectivity index (χ4v) is 4.92. The summed E-state index contributed by atoms with van der Waals surface area (Å²) in [4.78, 5) is 27.7. The van der Waals surface area contributed by atoms with Crippen LogP contribution in [0.15, 0.2) is 59.9 Å². The number of aliphatic carboxylic acids is 1. The maximum atomic E-state index is 14.0. The topological polar surface area (TPSA) is 131 Å². The summed E-state index contributed by atoms with van der Waals surface area (Å²) in [6, 6.07) is 12.3. The molecule has 12 heteroatoms. The Hall–Kier alpha value is -3.90. The molecule has 0 unspecified atom stereocenters. The number of para-hydroxylation sites is 2. The molecule has 0 fully saturated rings.